The number of unbranched alkanes of at least 4 members (excludes halogenated alkanes) is 1. The van der Waals surface area contributed by atoms with E-state index in [9.17, 15) is 4.79 Å². The highest BCUT2D eigenvalue weighted by atomic mass is 35.5. The first kappa shape index (κ1) is 23.1. The summed E-state index contributed by atoms with van der Waals surface area (Å²) in [6.07, 6.45) is 10.4. The molecule has 1 amide bonds. The van der Waals surface area contributed by atoms with E-state index in [1.54, 1.807) is 11.8 Å². The maximum atomic E-state index is 12.5. The number of halogens is 1. The fourth-order valence-corrected chi connectivity index (χ4v) is 5.05. The van der Waals surface area contributed by atoms with Crippen LogP contribution in [0.25, 0.3) is 0 Å². The van der Waals surface area contributed by atoms with Gasteiger partial charge in [-0.1, -0.05) is 56.5 Å². The van der Waals surface area contributed by atoms with E-state index in [1.807, 2.05) is 12.1 Å². The third-order valence-electron chi connectivity index (χ3n) is 5.60. The van der Waals surface area contributed by atoms with Crippen LogP contribution in [0.2, 0.25) is 0 Å². The summed E-state index contributed by atoms with van der Waals surface area (Å²) in [5.41, 5.74) is 2.23. The van der Waals surface area contributed by atoms with Gasteiger partial charge in [0.25, 0.3) is 0 Å². The number of rotatable bonds is 7. The number of amidine groups is 1. The first-order valence-corrected chi connectivity index (χ1v) is 11.5. The van der Waals surface area contributed by atoms with Crippen LogP contribution in [0.5, 0.6) is 0 Å². The van der Waals surface area contributed by atoms with Crippen molar-refractivity contribution in [3.63, 3.8) is 0 Å². The van der Waals surface area contributed by atoms with Crippen molar-refractivity contribution >= 4 is 40.9 Å². The average molecular weight is 424 g/mol. The van der Waals surface area contributed by atoms with Gasteiger partial charge in [0.15, 0.2) is 5.17 Å². The van der Waals surface area contributed by atoms with Crippen molar-refractivity contribution in [3.05, 3.63) is 29.8 Å². The Morgan fingerprint density at radius 1 is 1.21 bits per heavy atom. The van der Waals surface area contributed by atoms with Crippen molar-refractivity contribution in [3.8, 4) is 0 Å². The molecule has 1 saturated heterocycles. The van der Waals surface area contributed by atoms with Crippen molar-refractivity contribution in [2.45, 2.75) is 76.8 Å². The molecule has 6 heteroatoms. The van der Waals surface area contributed by atoms with Crippen LogP contribution in [0.1, 0.15) is 63.9 Å². The Morgan fingerprint density at radius 3 is 2.61 bits per heavy atom. The van der Waals surface area contributed by atoms with E-state index in [0.717, 1.165) is 23.0 Å². The number of amides is 1. The number of anilines is 1. The molecule has 0 bridgehead atoms. The third kappa shape index (κ3) is 6.70. The first-order valence-electron chi connectivity index (χ1n) is 10.5. The minimum Gasteiger partial charge on any atom is -0.350 e. The van der Waals surface area contributed by atoms with Gasteiger partial charge >= 0.3 is 0 Å². The molecule has 1 aliphatic carbocycles. The maximum Gasteiger partial charge on any atom is 0.226 e. The van der Waals surface area contributed by atoms with Gasteiger partial charge in [-0.3, -0.25) is 9.79 Å². The zero-order chi connectivity index (χ0) is 19.1. The van der Waals surface area contributed by atoms with Gasteiger partial charge < -0.3 is 10.2 Å². The number of aliphatic imine (C=N–C) groups is 1. The van der Waals surface area contributed by atoms with Gasteiger partial charge in [0, 0.05) is 31.0 Å². The molecule has 1 saturated carbocycles. The number of carbonyl (C=O) groups is 1. The summed E-state index contributed by atoms with van der Waals surface area (Å²) in [6, 6.07) is 9.01. The molecule has 1 N–H and O–H groups in total. The molecule has 156 valence electrons. The van der Waals surface area contributed by atoms with Gasteiger partial charge in [-0.25, -0.2) is 0 Å². The summed E-state index contributed by atoms with van der Waals surface area (Å²) in [5.74, 6) is 1.04. The zero-order valence-corrected chi connectivity index (χ0v) is 18.8. The van der Waals surface area contributed by atoms with E-state index >= 15 is 0 Å². The summed E-state index contributed by atoms with van der Waals surface area (Å²) >= 11 is 1.81. The lowest BCUT2D eigenvalue weighted by atomic mass is 9.96. The lowest BCUT2D eigenvalue weighted by Gasteiger charge is -2.23. The quantitative estimate of drug-likeness (QED) is 0.628. The first-order chi connectivity index (χ1) is 13.2. The van der Waals surface area contributed by atoms with Crippen molar-refractivity contribution in [2.24, 2.45) is 4.99 Å². The fourth-order valence-electron chi connectivity index (χ4n) is 3.79. The largest absolute Gasteiger partial charge is 0.350 e. The number of hydrogen-bond donors (Lipinski definition) is 1. The van der Waals surface area contributed by atoms with Crippen LogP contribution in [-0.2, 0) is 11.2 Å². The molecule has 3 rings (SSSR count). The molecular weight excluding hydrogens is 390 g/mol. The highest BCUT2D eigenvalue weighted by Gasteiger charge is 2.29. The van der Waals surface area contributed by atoms with Gasteiger partial charge in [0.05, 0.1) is 6.04 Å². The van der Waals surface area contributed by atoms with Crippen LogP contribution < -0.4 is 5.32 Å². The Kier molecular flexibility index (Phi) is 9.66. The predicted molar refractivity (Wildman–Crippen MR) is 124 cm³/mol. The number of nitrogens with one attached hydrogen (secondary N) is 1. The van der Waals surface area contributed by atoms with Crippen LogP contribution in [0, 0.1) is 0 Å². The van der Waals surface area contributed by atoms with E-state index in [4.69, 9.17) is 4.99 Å². The smallest absolute Gasteiger partial charge is 0.226 e. The lowest BCUT2D eigenvalue weighted by molar-refractivity contribution is -0.116. The molecule has 1 aromatic rings. The van der Waals surface area contributed by atoms with Crippen LogP contribution in [0.3, 0.4) is 0 Å². The number of nitrogens with zero attached hydrogens (tertiary/aromatic N) is 2. The number of thioether (sulfide) groups is 1. The number of carbonyl (C=O) groups excluding carboxylic acids is 1. The van der Waals surface area contributed by atoms with Crippen LogP contribution >= 0.6 is 24.2 Å². The highest BCUT2D eigenvalue weighted by molar-refractivity contribution is 8.14. The Hall–Kier alpha value is -1.20. The average Bonchev–Trinajstić information content (AvgIpc) is 3.01. The van der Waals surface area contributed by atoms with Gasteiger partial charge in [-0.15, -0.1) is 12.4 Å². The molecule has 0 spiro atoms. The molecule has 1 aliphatic heterocycles. The molecule has 1 aromatic carbocycles. The molecule has 2 fully saturated rings. The van der Waals surface area contributed by atoms with Gasteiger partial charge in [-0.2, -0.15) is 0 Å². The van der Waals surface area contributed by atoms with Gasteiger partial charge in [0.2, 0.25) is 5.91 Å². The van der Waals surface area contributed by atoms with Gasteiger partial charge in [-0.05, 0) is 43.4 Å². The molecule has 0 aromatic heterocycles. The lowest BCUT2D eigenvalue weighted by Crippen LogP contribution is -2.34. The predicted octanol–water partition coefficient (Wildman–Crippen LogP) is 5.52. The topological polar surface area (TPSA) is 44.7 Å². The van der Waals surface area contributed by atoms with E-state index in [0.29, 0.717) is 12.5 Å². The Labute approximate surface area is 180 Å². The summed E-state index contributed by atoms with van der Waals surface area (Å²) in [7, 11) is 2.09. The Bertz CT molecular complexity index is 644. The zero-order valence-electron chi connectivity index (χ0n) is 17.2. The number of aryl methyl sites for hydroxylation is 1. The fraction of sp³-hybridized carbons (Fsp3) is 0.636. The second-order valence-corrected chi connectivity index (χ2v) is 8.82. The molecule has 4 nitrogen and oxygen atoms in total. The van der Waals surface area contributed by atoms with Crippen molar-refractivity contribution < 1.29 is 4.79 Å². The van der Waals surface area contributed by atoms with E-state index in [-0.39, 0.29) is 24.4 Å². The summed E-state index contributed by atoms with van der Waals surface area (Å²) in [4.78, 5) is 19.7. The van der Waals surface area contributed by atoms with Crippen LogP contribution in [0.4, 0.5) is 5.69 Å². The molecule has 28 heavy (non-hydrogen) atoms. The third-order valence-corrected chi connectivity index (χ3v) is 6.80. The van der Waals surface area contributed by atoms with Gasteiger partial charge in [0.1, 0.15) is 0 Å². The summed E-state index contributed by atoms with van der Waals surface area (Å²) < 4.78 is 0. The normalized spacial score (nSPS) is 21.6. The van der Waals surface area contributed by atoms with E-state index in [1.165, 1.54) is 50.5 Å². The summed E-state index contributed by atoms with van der Waals surface area (Å²) in [6.45, 7) is 2.21. The van der Waals surface area contributed by atoms with Crippen LogP contribution in [-0.4, -0.2) is 40.9 Å². The van der Waals surface area contributed by atoms with Crippen molar-refractivity contribution in [1.82, 2.24) is 4.90 Å². The molecule has 1 atom stereocenters. The highest BCUT2D eigenvalue weighted by Crippen LogP contribution is 2.28. The monoisotopic (exact) mass is 423 g/mol. The molecule has 2 aliphatic rings. The number of hydrogen-bond acceptors (Lipinski definition) is 3. The molecule has 1 heterocycles. The SMILES string of the molecule is CCCCc1ccc(NC(=O)CC2CS/C(=N\C3CCCCC3)N2C)cc1.Cl. The minimum absolute atomic E-state index is 0. The molecule has 1 unspecified atom stereocenters. The minimum atomic E-state index is 0. The molecule has 0 radical (unpaired) electrons. The van der Waals surface area contributed by atoms with E-state index in [2.05, 4.69) is 36.3 Å². The summed E-state index contributed by atoms with van der Waals surface area (Å²) in [5, 5.41) is 4.18. The standard InChI is InChI=1S/C22H33N3OS.ClH/c1-3-4-8-17-11-13-19(14-12-17)23-21(26)15-20-16-27-22(25(20)2)24-18-9-6-5-7-10-18;/h11-14,18,20H,3-10,15-16H2,1-2H3,(H,23,26);1H/b24-22-;. The van der Waals surface area contributed by atoms with Crippen molar-refractivity contribution in [1.29, 1.82) is 0 Å². The number of benzene rings is 1. The van der Waals surface area contributed by atoms with Crippen molar-refractivity contribution in [2.75, 3.05) is 18.1 Å². The molecular formula is C22H34ClN3OS. The Balaban J connectivity index is 0.00000280. The van der Waals surface area contributed by atoms with Crippen LogP contribution in [0.15, 0.2) is 29.3 Å². The Morgan fingerprint density at radius 2 is 1.93 bits per heavy atom. The van der Waals surface area contributed by atoms with E-state index < -0.39 is 0 Å². The second kappa shape index (κ2) is 11.7. The second-order valence-electron chi connectivity index (χ2n) is 7.83. The maximum absolute atomic E-state index is 12.5.